The molecule has 0 fully saturated rings. The first-order valence-corrected chi connectivity index (χ1v) is 15.7. The molecule has 4 aromatic carbocycles. The van der Waals surface area contributed by atoms with Gasteiger partial charge in [-0.3, -0.25) is 9.98 Å². The zero-order valence-corrected chi connectivity index (χ0v) is 25.6. The molecule has 0 bridgehead atoms. The lowest BCUT2D eigenvalue weighted by Gasteiger charge is -2.20. The fourth-order valence-electron chi connectivity index (χ4n) is 4.83. The average molecular weight is 593 g/mol. The Bertz CT molecular complexity index is 1450. The lowest BCUT2D eigenvalue weighted by atomic mass is 10.0. The summed E-state index contributed by atoms with van der Waals surface area (Å²) in [5.41, 5.74) is 2.96. The van der Waals surface area contributed by atoms with E-state index in [1.54, 1.807) is 48.8 Å². The minimum absolute atomic E-state index is 0.124. The molecule has 0 aromatic heterocycles. The molecule has 6 nitrogen and oxygen atoms in total. The van der Waals surface area contributed by atoms with Gasteiger partial charge in [-0.05, 0) is 110 Å². The number of ether oxygens (including phenoxy) is 2. The molecule has 2 N–H and O–H groups in total. The monoisotopic (exact) mass is 592 g/mol. The summed E-state index contributed by atoms with van der Waals surface area (Å²) in [5, 5.41) is 19.8. The second-order valence-electron chi connectivity index (χ2n) is 10.9. The molecule has 0 aliphatic heterocycles. The lowest BCUT2D eigenvalue weighted by molar-refractivity contribution is 0.164. The normalized spacial score (nSPS) is 12.1. The van der Waals surface area contributed by atoms with E-state index in [2.05, 4.69) is 16.9 Å². The SMILES string of the molecule is CCCCCCCCC(CCCOc1ccc(C=Nc2ccccc2O)cc1)Oc1ccc(C=Nc2ccccc2O)cc1. The molecule has 1 atom stereocenters. The van der Waals surface area contributed by atoms with Crippen molar-refractivity contribution >= 4 is 23.8 Å². The molecule has 1 unspecified atom stereocenters. The van der Waals surface area contributed by atoms with Crippen LogP contribution in [0.25, 0.3) is 0 Å². The number of aliphatic imine (C=N–C) groups is 2. The number of aromatic hydroxyl groups is 2. The molecule has 0 spiro atoms. The molecule has 0 aliphatic rings. The molecule has 0 amide bonds. The first-order chi connectivity index (χ1) is 21.6. The second kappa shape index (κ2) is 18.2. The van der Waals surface area contributed by atoms with E-state index in [9.17, 15) is 10.2 Å². The lowest BCUT2D eigenvalue weighted by Crippen LogP contribution is -2.18. The summed E-state index contributed by atoms with van der Waals surface area (Å²) in [5.74, 6) is 1.99. The average Bonchev–Trinajstić information content (AvgIpc) is 3.05. The largest absolute Gasteiger partial charge is 0.506 e. The number of phenolic OH excluding ortho intramolecular Hbond substituents is 2. The topological polar surface area (TPSA) is 83.6 Å². The summed E-state index contributed by atoms with van der Waals surface area (Å²) in [7, 11) is 0. The van der Waals surface area contributed by atoms with Gasteiger partial charge in [-0.15, -0.1) is 0 Å². The summed E-state index contributed by atoms with van der Waals surface area (Å²) >= 11 is 0. The number of hydrogen-bond donors (Lipinski definition) is 2. The van der Waals surface area contributed by atoms with E-state index in [0.717, 1.165) is 48.3 Å². The van der Waals surface area contributed by atoms with Crippen LogP contribution in [0.4, 0.5) is 11.4 Å². The van der Waals surface area contributed by atoms with E-state index in [1.807, 2.05) is 60.7 Å². The van der Waals surface area contributed by atoms with Gasteiger partial charge in [0.15, 0.2) is 0 Å². The predicted molar refractivity (Wildman–Crippen MR) is 181 cm³/mol. The molecule has 0 aliphatic carbocycles. The molecule has 6 heteroatoms. The maximum Gasteiger partial charge on any atom is 0.141 e. The van der Waals surface area contributed by atoms with E-state index >= 15 is 0 Å². The van der Waals surface area contributed by atoms with E-state index in [-0.39, 0.29) is 17.6 Å². The van der Waals surface area contributed by atoms with Crippen molar-refractivity contribution in [2.75, 3.05) is 6.61 Å². The number of hydrogen-bond acceptors (Lipinski definition) is 6. The molecule has 0 saturated heterocycles. The highest BCUT2D eigenvalue weighted by Crippen LogP contribution is 2.26. The van der Waals surface area contributed by atoms with Gasteiger partial charge in [-0.2, -0.15) is 0 Å². The van der Waals surface area contributed by atoms with E-state index in [0.29, 0.717) is 18.0 Å². The summed E-state index contributed by atoms with van der Waals surface area (Å²) in [6, 6.07) is 29.8. The van der Waals surface area contributed by atoms with Crippen molar-refractivity contribution < 1.29 is 19.7 Å². The van der Waals surface area contributed by atoms with Crippen LogP contribution in [-0.4, -0.2) is 35.4 Å². The van der Waals surface area contributed by atoms with Crippen LogP contribution in [0, 0.1) is 0 Å². The third kappa shape index (κ3) is 11.3. The van der Waals surface area contributed by atoms with Gasteiger partial charge in [0, 0.05) is 12.4 Å². The number of rotatable bonds is 18. The molecule has 44 heavy (non-hydrogen) atoms. The number of phenols is 2. The quantitative estimate of drug-likeness (QED) is 0.0889. The summed E-state index contributed by atoms with van der Waals surface area (Å²) < 4.78 is 12.5. The van der Waals surface area contributed by atoms with E-state index < -0.39 is 0 Å². The maximum atomic E-state index is 9.94. The molecular weight excluding hydrogens is 548 g/mol. The zero-order valence-electron chi connectivity index (χ0n) is 25.6. The number of para-hydroxylation sites is 4. The van der Waals surface area contributed by atoms with Gasteiger partial charge < -0.3 is 19.7 Å². The van der Waals surface area contributed by atoms with Crippen LogP contribution in [0.15, 0.2) is 107 Å². The van der Waals surface area contributed by atoms with Gasteiger partial charge in [0.05, 0.1) is 12.7 Å². The molecule has 230 valence electrons. The van der Waals surface area contributed by atoms with Gasteiger partial charge >= 0.3 is 0 Å². The number of unbranched alkanes of at least 4 members (excludes halogenated alkanes) is 5. The Hall–Kier alpha value is -4.58. The van der Waals surface area contributed by atoms with Crippen LogP contribution in [0.5, 0.6) is 23.0 Å². The maximum absolute atomic E-state index is 9.94. The first kappa shape index (κ1) is 32.3. The van der Waals surface area contributed by atoms with Crippen molar-refractivity contribution in [3.05, 3.63) is 108 Å². The van der Waals surface area contributed by atoms with E-state index in [4.69, 9.17) is 9.47 Å². The fraction of sp³-hybridized carbons (Fsp3) is 0.316. The third-order valence-electron chi connectivity index (χ3n) is 7.35. The van der Waals surface area contributed by atoms with Gasteiger partial charge in [-0.1, -0.05) is 63.3 Å². The van der Waals surface area contributed by atoms with Crippen molar-refractivity contribution in [1.29, 1.82) is 0 Å². The van der Waals surface area contributed by atoms with Crippen LogP contribution < -0.4 is 9.47 Å². The molecule has 4 aromatic rings. The van der Waals surface area contributed by atoms with Crippen molar-refractivity contribution in [1.82, 2.24) is 0 Å². The minimum atomic E-state index is 0.124. The van der Waals surface area contributed by atoms with Crippen molar-refractivity contribution in [2.24, 2.45) is 9.98 Å². The highest BCUT2D eigenvalue weighted by atomic mass is 16.5. The minimum Gasteiger partial charge on any atom is -0.506 e. The van der Waals surface area contributed by atoms with E-state index in [1.165, 1.54) is 32.1 Å². The molecule has 4 rings (SSSR count). The Morgan fingerprint density at radius 3 is 1.66 bits per heavy atom. The molecular formula is C38H44N2O4. The van der Waals surface area contributed by atoms with Crippen LogP contribution in [-0.2, 0) is 0 Å². The molecule has 0 saturated carbocycles. The summed E-state index contributed by atoms with van der Waals surface area (Å²) in [6.07, 6.45) is 14.0. The Morgan fingerprint density at radius 2 is 1.09 bits per heavy atom. The van der Waals surface area contributed by atoms with Crippen molar-refractivity contribution in [3.8, 4) is 23.0 Å². The van der Waals surface area contributed by atoms with Crippen molar-refractivity contribution in [2.45, 2.75) is 70.8 Å². The Kier molecular flexibility index (Phi) is 13.4. The highest BCUT2D eigenvalue weighted by molar-refractivity contribution is 5.83. The Balaban J connectivity index is 1.26. The number of nitrogens with zero attached hydrogens (tertiary/aromatic N) is 2. The Morgan fingerprint density at radius 1 is 0.591 bits per heavy atom. The second-order valence-corrected chi connectivity index (χ2v) is 10.9. The van der Waals surface area contributed by atoms with Gasteiger partial charge in [0.1, 0.15) is 34.4 Å². The summed E-state index contributed by atoms with van der Waals surface area (Å²) in [6.45, 7) is 2.86. The Labute approximate surface area is 261 Å². The summed E-state index contributed by atoms with van der Waals surface area (Å²) in [4.78, 5) is 8.76. The highest BCUT2D eigenvalue weighted by Gasteiger charge is 2.11. The van der Waals surface area contributed by atoms with Crippen molar-refractivity contribution in [3.63, 3.8) is 0 Å². The van der Waals surface area contributed by atoms with Gasteiger partial charge in [-0.25, -0.2) is 0 Å². The van der Waals surface area contributed by atoms with Gasteiger partial charge in [0.25, 0.3) is 0 Å². The third-order valence-corrected chi connectivity index (χ3v) is 7.35. The van der Waals surface area contributed by atoms with Crippen LogP contribution in [0.1, 0.15) is 75.8 Å². The fourth-order valence-corrected chi connectivity index (χ4v) is 4.83. The van der Waals surface area contributed by atoms with Crippen LogP contribution in [0.3, 0.4) is 0 Å². The van der Waals surface area contributed by atoms with Crippen LogP contribution >= 0.6 is 0 Å². The molecule has 0 heterocycles. The smallest absolute Gasteiger partial charge is 0.141 e. The predicted octanol–water partition coefficient (Wildman–Crippen LogP) is 9.96. The molecule has 0 radical (unpaired) electrons. The zero-order chi connectivity index (χ0) is 30.8. The first-order valence-electron chi connectivity index (χ1n) is 15.7. The number of benzene rings is 4. The standard InChI is InChI=1S/C38H44N2O4/c1-2-3-4-5-6-7-13-33(44-34-25-21-31(22-26-34)29-40-36-16-9-11-18-38(36)42)14-12-27-43-32-23-19-30(20-24-32)28-39-35-15-8-10-17-37(35)41/h8-11,15-26,28-29,33,41-42H,2-7,12-14,27H2,1H3. The van der Waals surface area contributed by atoms with Gasteiger partial charge in [0.2, 0.25) is 0 Å². The van der Waals surface area contributed by atoms with Crippen LogP contribution in [0.2, 0.25) is 0 Å².